The Hall–Kier alpha value is -1.32. The van der Waals surface area contributed by atoms with Gasteiger partial charge in [0, 0.05) is 26.7 Å². The maximum atomic E-state index is 3.51. The van der Waals surface area contributed by atoms with E-state index < -0.39 is 0 Å². The predicted molar refractivity (Wildman–Crippen MR) is 82.9 cm³/mol. The largest absolute Gasteiger partial charge is 0.381 e. The lowest BCUT2D eigenvalue weighted by atomic mass is 10.2. The molecule has 3 heteroatoms. The molecule has 0 saturated carbocycles. The zero-order valence-electron chi connectivity index (χ0n) is 10.5. The lowest BCUT2D eigenvalue weighted by Gasteiger charge is -2.06. The highest BCUT2D eigenvalue weighted by molar-refractivity contribution is 7.17. The summed E-state index contributed by atoms with van der Waals surface area (Å²) in [4.78, 5) is 2.80. The summed E-state index contributed by atoms with van der Waals surface area (Å²) in [5.74, 6) is 0. The molecule has 0 spiro atoms. The normalized spacial score (nSPS) is 11.0. The molecular weight excluding hydrogens is 258 g/mol. The molecule has 1 aromatic carbocycles. The lowest BCUT2D eigenvalue weighted by Crippen LogP contribution is -1.98. The number of thiophene rings is 2. The van der Waals surface area contributed by atoms with Crippen molar-refractivity contribution in [2.75, 3.05) is 5.32 Å². The van der Waals surface area contributed by atoms with Gasteiger partial charge in [0.2, 0.25) is 0 Å². The Morgan fingerprint density at radius 1 is 1.11 bits per heavy atom. The zero-order valence-corrected chi connectivity index (χ0v) is 12.1. The van der Waals surface area contributed by atoms with Gasteiger partial charge in [-0.2, -0.15) is 0 Å². The Morgan fingerprint density at radius 3 is 2.78 bits per heavy atom. The minimum absolute atomic E-state index is 0.909. The first kappa shape index (κ1) is 11.8. The van der Waals surface area contributed by atoms with Gasteiger partial charge < -0.3 is 5.32 Å². The van der Waals surface area contributed by atoms with E-state index in [4.69, 9.17) is 0 Å². The number of hydrogen-bond donors (Lipinski definition) is 1. The summed E-state index contributed by atoms with van der Waals surface area (Å²) >= 11 is 3.66. The molecule has 1 N–H and O–H groups in total. The van der Waals surface area contributed by atoms with Crippen LogP contribution in [0.1, 0.15) is 15.3 Å². The third-order valence-corrected chi connectivity index (χ3v) is 4.99. The lowest BCUT2D eigenvalue weighted by molar-refractivity contribution is 1.14. The topological polar surface area (TPSA) is 12.0 Å². The summed E-state index contributed by atoms with van der Waals surface area (Å²) in [6.45, 7) is 5.27. The number of nitrogens with one attached hydrogen (secondary N) is 1. The van der Waals surface area contributed by atoms with E-state index in [1.165, 1.54) is 31.1 Å². The molecule has 0 aliphatic heterocycles. The highest BCUT2D eigenvalue weighted by Crippen LogP contribution is 2.25. The molecule has 0 aliphatic rings. The van der Waals surface area contributed by atoms with Crippen molar-refractivity contribution in [3.63, 3.8) is 0 Å². The molecule has 0 amide bonds. The average Bonchev–Trinajstić information content (AvgIpc) is 2.92. The first-order valence-corrected chi connectivity index (χ1v) is 7.69. The van der Waals surface area contributed by atoms with Crippen molar-refractivity contribution in [1.29, 1.82) is 0 Å². The molecule has 0 aliphatic carbocycles. The third-order valence-electron chi connectivity index (χ3n) is 3.08. The van der Waals surface area contributed by atoms with Gasteiger partial charge in [-0.1, -0.05) is 0 Å². The summed E-state index contributed by atoms with van der Waals surface area (Å²) in [5, 5.41) is 6.97. The average molecular weight is 273 g/mol. The van der Waals surface area contributed by atoms with Gasteiger partial charge in [0.05, 0.1) is 0 Å². The van der Waals surface area contributed by atoms with E-state index in [-0.39, 0.29) is 0 Å². The fourth-order valence-electron chi connectivity index (χ4n) is 2.13. The van der Waals surface area contributed by atoms with Crippen molar-refractivity contribution in [3.8, 4) is 0 Å². The minimum atomic E-state index is 0.909. The van der Waals surface area contributed by atoms with E-state index >= 15 is 0 Å². The standard InChI is InChI=1S/C15H15NS2/c1-10-7-13(11(2)18-10)9-16-14-3-4-15-12(8-14)5-6-17-15/h3-8,16H,9H2,1-2H3. The molecule has 1 nitrogen and oxygen atoms in total. The van der Waals surface area contributed by atoms with Crippen LogP contribution in [0.5, 0.6) is 0 Å². The smallest absolute Gasteiger partial charge is 0.0411 e. The maximum Gasteiger partial charge on any atom is 0.0411 e. The summed E-state index contributed by atoms with van der Waals surface area (Å²) < 4.78 is 1.35. The summed E-state index contributed by atoms with van der Waals surface area (Å²) in [7, 11) is 0. The second-order valence-electron chi connectivity index (χ2n) is 4.47. The second-order valence-corrected chi connectivity index (χ2v) is 6.87. The fourth-order valence-corrected chi connectivity index (χ4v) is 3.85. The summed E-state index contributed by atoms with van der Waals surface area (Å²) in [6.07, 6.45) is 0. The van der Waals surface area contributed by atoms with Gasteiger partial charge in [0.25, 0.3) is 0 Å². The fraction of sp³-hybridized carbons (Fsp3) is 0.200. The van der Waals surface area contributed by atoms with Gasteiger partial charge >= 0.3 is 0 Å². The van der Waals surface area contributed by atoms with Crippen molar-refractivity contribution in [3.05, 3.63) is 51.0 Å². The van der Waals surface area contributed by atoms with Crippen LogP contribution in [0.2, 0.25) is 0 Å². The monoisotopic (exact) mass is 273 g/mol. The summed E-state index contributed by atoms with van der Waals surface area (Å²) in [6, 6.07) is 11.0. The van der Waals surface area contributed by atoms with Crippen molar-refractivity contribution >= 4 is 38.4 Å². The third kappa shape index (κ3) is 2.28. The van der Waals surface area contributed by atoms with Crippen molar-refractivity contribution < 1.29 is 0 Å². The van der Waals surface area contributed by atoms with Gasteiger partial charge in [-0.05, 0) is 60.5 Å². The molecule has 2 aromatic heterocycles. The van der Waals surface area contributed by atoms with Crippen LogP contribution in [-0.2, 0) is 6.54 Å². The van der Waals surface area contributed by atoms with E-state index in [0.717, 1.165) is 6.54 Å². The van der Waals surface area contributed by atoms with Crippen LogP contribution in [0.4, 0.5) is 5.69 Å². The molecule has 0 bridgehead atoms. The highest BCUT2D eigenvalue weighted by atomic mass is 32.1. The molecule has 0 saturated heterocycles. The number of aryl methyl sites for hydroxylation is 2. The molecule has 0 unspecified atom stereocenters. The van der Waals surface area contributed by atoms with E-state index in [0.29, 0.717) is 0 Å². The molecule has 2 heterocycles. The van der Waals surface area contributed by atoms with Crippen molar-refractivity contribution in [2.45, 2.75) is 20.4 Å². The van der Waals surface area contributed by atoms with Gasteiger partial charge in [-0.25, -0.2) is 0 Å². The minimum Gasteiger partial charge on any atom is -0.381 e. The molecule has 0 atom stereocenters. The van der Waals surface area contributed by atoms with E-state index in [2.05, 4.69) is 54.9 Å². The first-order valence-electron chi connectivity index (χ1n) is 5.99. The van der Waals surface area contributed by atoms with Gasteiger partial charge in [0.15, 0.2) is 0 Å². The second kappa shape index (κ2) is 4.75. The van der Waals surface area contributed by atoms with Crippen LogP contribution in [0, 0.1) is 13.8 Å². The molecule has 18 heavy (non-hydrogen) atoms. The Morgan fingerprint density at radius 2 is 2.00 bits per heavy atom. The van der Waals surface area contributed by atoms with E-state index in [1.807, 2.05) is 11.3 Å². The molecule has 0 radical (unpaired) electrons. The number of rotatable bonds is 3. The van der Waals surface area contributed by atoms with Crippen LogP contribution in [0.3, 0.4) is 0 Å². The number of hydrogen-bond acceptors (Lipinski definition) is 3. The van der Waals surface area contributed by atoms with Crippen LogP contribution in [0.25, 0.3) is 10.1 Å². The van der Waals surface area contributed by atoms with Crippen molar-refractivity contribution in [2.24, 2.45) is 0 Å². The SMILES string of the molecule is Cc1cc(CNc2ccc3sccc3c2)c(C)s1. The Bertz CT molecular complexity index is 679. The van der Waals surface area contributed by atoms with Crippen LogP contribution in [0.15, 0.2) is 35.7 Å². The molecule has 3 aromatic rings. The van der Waals surface area contributed by atoms with Crippen LogP contribution >= 0.6 is 22.7 Å². The van der Waals surface area contributed by atoms with Crippen LogP contribution < -0.4 is 5.32 Å². The molecule has 92 valence electrons. The Kier molecular flexibility index (Phi) is 3.10. The molecule has 0 fully saturated rings. The predicted octanol–water partition coefficient (Wildman–Crippen LogP) is 5.19. The van der Waals surface area contributed by atoms with Gasteiger partial charge in [0.1, 0.15) is 0 Å². The van der Waals surface area contributed by atoms with E-state index in [1.54, 1.807) is 11.3 Å². The van der Waals surface area contributed by atoms with Gasteiger partial charge in [-0.15, -0.1) is 22.7 Å². The molecular formula is C15H15NS2. The van der Waals surface area contributed by atoms with E-state index in [9.17, 15) is 0 Å². The quantitative estimate of drug-likeness (QED) is 0.692. The van der Waals surface area contributed by atoms with Crippen molar-refractivity contribution in [1.82, 2.24) is 0 Å². The Balaban J connectivity index is 1.78. The number of benzene rings is 1. The number of fused-ring (bicyclic) bond motifs is 1. The van der Waals surface area contributed by atoms with Gasteiger partial charge in [-0.3, -0.25) is 0 Å². The maximum absolute atomic E-state index is 3.51. The van der Waals surface area contributed by atoms with Crippen LogP contribution in [-0.4, -0.2) is 0 Å². The summed E-state index contributed by atoms with van der Waals surface area (Å²) in [5.41, 5.74) is 2.60. The zero-order chi connectivity index (χ0) is 12.5. The number of anilines is 1. The highest BCUT2D eigenvalue weighted by Gasteiger charge is 2.03. The Labute approximate surface area is 115 Å². The first-order chi connectivity index (χ1) is 8.72. The molecule has 3 rings (SSSR count).